The number of esters is 1. The zero-order valence-electron chi connectivity index (χ0n) is 19.6. The van der Waals surface area contributed by atoms with Crippen molar-refractivity contribution in [1.82, 2.24) is 14.9 Å². The van der Waals surface area contributed by atoms with Gasteiger partial charge >= 0.3 is 5.97 Å². The summed E-state index contributed by atoms with van der Waals surface area (Å²) in [7, 11) is 1.34. The van der Waals surface area contributed by atoms with E-state index in [0.29, 0.717) is 28.3 Å². The smallest absolute Gasteiger partial charge is 0.305 e. The van der Waals surface area contributed by atoms with Crippen molar-refractivity contribution in [3.05, 3.63) is 50.1 Å². The maximum absolute atomic E-state index is 13.7. The summed E-state index contributed by atoms with van der Waals surface area (Å²) >= 11 is 2.75. The normalized spacial score (nSPS) is 11.1. The van der Waals surface area contributed by atoms with Crippen LogP contribution < -0.4 is 10.9 Å². The third-order valence-electron chi connectivity index (χ3n) is 5.54. The van der Waals surface area contributed by atoms with Gasteiger partial charge in [0, 0.05) is 17.8 Å². The van der Waals surface area contributed by atoms with E-state index in [4.69, 9.17) is 4.98 Å². The highest BCUT2D eigenvalue weighted by atomic mass is 32.2. The molecule has 7 nitrogen and oxygen atoms in total. The Kier molecular flexibility index (Phi) is 8.31. The van der Waals surface area contributed by atoms with Crippen molar-refractivity contribution in [1.29, 1.82) is 0 Å². The third kappa shape index (κ3) is 5.65. The van der Waals surface area contributed by atoms with Crippen LogP contribution in [0, 0.1) is 20.8 Å². The standard InChI is InChI=1S/C24H29N3O4S2/c1-6-18-16(4)33-22-21(18)23(30)27(17-10-9-14(2)15(3)12-17)24(26-22)32-13-19(28)25-11-7-8-20(29)31-5/h9-10,12H,6-8,11,13H2,1-5H3,(H,25,28). The Morgan fingerprint density at radius 2 is 1.97 bits per heavy atom. The maximum Gasteiger partial charge on any atom is 0.305 e. The van der Waals surface area contributed by atoms with Gasteiger partial charge in [-0.1, -0.05) is 24.8 Å². The SMILES string of the molecule is CCc1c(C)sc2nc(SCC(=O)NCCCC(=O)OC)n(-c3ccc(C)c(C)c3)c(=O)c12. The summed E-state index contributed by atoms with van der Waals surface area (Å²) in [5.41, 5.74) is 3.89. The van der Waals surface area contributed by atoms with Gasteiger partial charge < -0.3 is 10.1 Å². The largest absolute Gasteiger partial charge is 0.469 e. The van der Waals surface area contributed by atoms with Crippen LogP contribution >= 0.6 is 23.1 Å². The van der Waals surface area contributed by atoms with Crippen LogP contribution in [0.3, 0.4) is 0 Å². The number of benzene rings is 1. The van der Waals surface area contributed by atoms with Gasteiger partial charge in [-0.05, 0) is 62.4 Å². The van der Waals surface area contributed by atoms with Crippen molar-refractivity contribution in [2.75, 3.05) is 19.4 Å². The lowest BCUT2D eigenvalue weighted by atomic mass is 10.1. The molecule has 33 heavy (non-hydrogen) atoms. The quantitative estimate of drug-likeness (QED) is 0.212. The van der Waals surface area contributed by atoms with Gasteiger partial charge in [-0.2, -0.15) is 0 Å². The molecule has 1 aromatic carbocycles. The second-order valence-corrected chi connectivity index (χ2v) is 9.94. The van der Waals surface area contributed by atoms with Gasteiger partial charge in [-0.15, -0.1) is 11.3 Å². The summed E-state index contributed by atoms with van der Waals surface area (Å²) in [4.78, 5) is 43.8. The summed E-state index contributed by atoms with van der Waals surface area (Å²) in [6, 6.07) is 5.88. The van der Waals surface area contributed by atoms with Crippen LogP contribution in [0.1, 0.15) is 41.3 Å². The number of rotatable bonds is 9. The van der Waals surface area contributed by atoms with Gasteiger partial charge in [0.25, 0.3) is 5.56 Å². The molecule has 176 valence electrons. The molecule has 0 saturated heterocycles. The van der Waals surface area contributed by atoms with Crippen LogP contribution in [0.25, 0.3) is 15.9 Å². The zero-order chi connectivity index (χ0) is 24.1. The molecule has 0 unspecified atom stereocenters. The highest BCUT2D eigenvalue weighted by molar-refractivity contribution is 7.99. The number of aryl methyl sites for hydroxylation is 4. The average molecular weight is 488 g/mol. The molecule has 0 saturated carbocycles. The van der Waals surface area contributed by atoms with Crippen LogP contribution in [0.2, 0.25) is 0 Å². The molecule has 0 spiro atoms. The predicted octanol–water partition coefficient (Wildman–Crippen LogP) is 4.10. The molecule has 3 aromatic rings. The van der Waals surface area contributed by atoms with Crippen LogP contribution in [0.15, 0.2) is 28.2 Å². The second kappa shape index (κ2) is 11.0. The molecule has 0 bridgehead atoms. The van der Waals surface area contributed by atoms with Crippen LogP contribution in [0.5, 0.6) is 0 Å². The lowest BCUT2D eigenvalue weighted by Gasteiger charge is -2.14. The van der Waals surface area contributed by atoms with Crippen molar-refractivity contribution >= 4 is 45.2 Å². The van der Waals surface area contributed by atoms with Crippen LogP contribution in [-0.2, 0) is 20.7 Å². The first-order valence-corrected chi connectivity index (χ1v) is 12.7. The van der Waals surface area contributed by atoms with Gasteiger partial charge in [0.15, 0.2) is 5.16 Å². The minimum Gasteiger partial charge on any atom is -0.469 e. The molecule has 1 amide bonds. The number of hydrogen-bond acceptors (Lipinski definition) is 7. The van der Waals surface area contributed by atoms with E-state index in [1.807, 2.05) is 45.9 Å². The molecule has 0 atom stereocenters. The fourth-order valence-electron chi connectivity index (χ4n) is 3.56. The molecule has 2 aromatic heterocycles. The van der Waals surface area contributed by atoms with Crippen molar-refractivity contribution in [2.24, 2.45) is 0 Å². The Hall–Kier alpha value is -2.65. The van der Waals surface area contributed by atoms with E-state index in [0.717, 1.165) is 33.7 Å². The number of amides is 1. The lowest BCUT2D eigenvalue weighted by molar-refractivity contribution is -0.140. The number of methoxy groups -OCH3 is 1. The van der Waals surface area contributed by atoms with Crippen molar-refractivity contribution in [3.8, 4) is 5.69 Å². The van der Waals surface area contributed by atoms with Gasteiger partial charge in [0.05, 0.1) is 23.9 Å². The number of thiophene rings is 1. The van der Waals surface area contributed by atoms with Gasteiger partial charge in [0.1, 0.15) is 4.83 Å². The van der Waals surface area contributed by atoms with E-state index in [1.165, 1.54) is 30.2 Å². The third-order valence-corrected chi connectivity index (χ3v) is 7.52. The highest BCUT2D eigenvalue weighted by Gasteiger charge is 2.20. The zero-order valence-corrected chi connectivity index (χ0v) is 21.2. The number of carbonyl (C=O) groups is 2. The number of nitrogens with one attached hydrogen (secondary N) is 1. The number of ether oxygens (including phenoxy) is 1. The van der Waals surface area contributed by atoms with Crippen molar-refractivity contribution in [2.45, 2.75) is 52.1 Å². The van der Waals surface area contributed by atoms with Crippen molar-refractivity contribution < 1.29 is 14.3 Å². The first-order valence-electron chi connectivity index (χ1n) is 10.9. The summed E-state index contributed by atoms with van der Waals surface area (Å²) < 4.78 is 6.22. The summed E-state index contributed by atoms with van der Waals surface area (Å²) in [6.07, 6.45) is 1.52. The summed E-state index contributed by atoms with van der Waals surface area (Å²) in [6.45, 7) is 8.48. The molecule has 0 aliphatic carbocycles. The highest BCUT2D eigenvalue weighted by Crippen LogP contribution is 2.30. The topological polar surface area (TPSA) is 90.3 Å². The molecule has 0 aliphatic heterocycles. The number of hydrogen-bond donors (Lipinski definition) is 1. The Bertz CT molecular complexity index is 1250. The van der Waals surface area contributed by atoms with Crippen molar-refractivity contribution in [3.63, 3.8) is 0 Å². The minimum atomic E-state index is -0.300. The van der Waals surface area contributed by atoms with E-state index in [1.54, 1.807) is 4.57 Å². The first kappa shape index (κ1) is 25.0. The summed E-state index contributed by atoms with van der Waals surface area (Å²) in [5, 5.41) is 3.95. The molecular weight excluding hydrogens is 458 g/mol. The maximum atomic E-state index is 13.7. The second-order valence-electron chi connectivity index (χ2n) is 7.79. The average Bonchev–Trinajstić information content (AvgIpc) is 3.12. The molecule has 2 heterocycles. The molecule has 9 heteroatoms. The predicted molar refractivity (Wildman–Crippen MR) is 134 cm³/mol. The molecule has 1 N–H and O–H groups in total. The van der Waals surface area contributed by atoms with E-state index in [2.05, 4.69) is 10.1 Å². The first-order chi connectivity index (χ1) is 15.8. The molecule has 0 fully saturated rings. The fourth-order valence-corrected chi connectivity index (χ4v) is 5.55. The Morgan fingerprint density at radius 1 is 1.21 bits per heavy atom. The fraction of sp³-hybridized carbons (Fsp3) is 0.417. The van der Waals surface area contributed by atoms with Gasteiger partial charge in [-0.3, -0.25) is 19.0 Å². The molecule has 3 rings (SSSR count). The van der Waals surface area contributed by atoms with E-state index >= 15 is 0 Å². The Morgan fingerprint density at radius 3 is 2.64 bits per heavy atom. The minimum absolute atomic E-state index is 0.106. The lowest BCUT2D eigenvalue weighted by Crippen LogP contribution is -2.27. The Balaban J connectivity index is 1.91. The van der Waals surface area contributed by atoms with Crippen LogP contribution in [-0.4, -0.2) is 40.8 Å². The van der Waals surface area contributed by atoms with E-state index in [9.17, 15) is 14.4 Å². The van der Waals surface area contributed by atoms with Gasteiger partial charge in [0.2, 0.25) is 5.91 Å². The number of aromatic nitrogens is 2. The molecular formula is C24H29N3O4S2. The summed E-state index contributed by atoms with van der Waals surface area (Å²) in [5.74, 6) is -0.361. The van der Waals surface area contributed by atoms with E-state index in [-0.39, 0.29) is 29.6 Å². The number of thioether (sulfide) groups is 1. The number of fused-ring (bicyclic) bond motifs is 1. The van der Waals surface area contributed by atoms with E-state index < -0.39 is 0 Å². The molecule has 0 aliphatic rings. The number of carbonyl (C=O) groups excluding carboxylic acids is 2. The van der Waals surface area contributed by atoms with Gasteiger partial charge in [-0.25, -0.2) is 4.98 Å². The monoisotopic (exact) mass is 487 g/mol. The van der Waals surface area contributed by atoms with Crippen LogP contribution in [0.4, 0.5) is 0 Å². The Labute approximate surface area is 201 Å². The number of nitrogens with zero attached hydrogens (tertiary/aromatic N) is 2. The molecule has 0 radical (unpaired) electrons.